The molecule has 1 fully saturated rings. The van der Waals surface area contributed by atoms with Crippen LogP contribution in [0.4, 0.5) is 0 Å². The predicted octanol–water partition coefficient (Wildman–Crippen LogP) is 0.0302. The predicted molar refractivity (Wildman–Crippen MR) is 53.8 cm³/mol. The molecule has 0 aliphatic heterocycles. The Morgan fingerprint density at radius 3 is 1.14 bits per heavy atom. The second-order valence-electron chi connectivity index (χ2n) is 3.94. The van der Waals surface area contributed by atoms with Gasteiger partial charge in [0.2, 0.25) is 0 Å². The molecule has 2 unspecified atom stereocenters. The zero-order valence-electron chi connectivity index (χ0n) is 8.93. The van der Waals surface area contributed by atoms with Gasteiger partial charge in [-0.05, 0) is 39.5 Å². The molecule has 0 bridgehead atoms. The van der Waals surface area contributed by atoms with Crippen molar-refractivity contribution >= 4 is 0 Å². The summed E-state index contributed by atoms with van der Waals surface area (Å²) < 4.78 is 0. The minimum absolute atomic E-state index is 0.140. The molecule has 0 saturated heterocycles. The Kier molecular flexibility index (Phi) is 7.09. The summed E-state index contributed by atoms with van der Waals surface area (Å²) >= 11 is 0. The Labute approximate surface area is 85.2 Å². The average molecular weight is 206 g/mol. The van der Waals surface area contributed by atoms with Crippen LogP contribution in [0.25, 0.3) is 0 Å². The van der Waals surface area contributed by atoms with Crippen molar-refractivity contribution in [1.82, 2.24) is 0 Å². The molecule has 1 rings (SSSR count). The van der Waals surface area contributed by atoms with Gasteiger partial charge < -0.3 is 20.4 Å². The highest BCUT2D eigenvalue weighted by Gasteiger charge is 2.15. The van der Waals surface area contributed by atoms with E-state index in [1.807, 2.05) is 0 Å². The first-order valence-electron chi connectivity index (χ1n) is 5.15. The first-order valence-corrected chi connectivity index (χ1v) is 5.15. The molecular formula is C10H22O4. The Morgan fingerprint density at radius 1 is 0.786 bits per heavy atom. The smallest absolute Gasteiger partial charge is 0.0768 e. The van der Waals surface area contributed by atoms with E-state index in [2.05, 4.69) is 0 Å². The summed E-state index contributed by atoms with van der Waals surface area (Å²) in [6.45, 7) is 3.09. The van der Waals surface area contributed by atoms with Gasteiger partial charge in [-0.2, -0.15) is 0 Å². The summed E-state index contributed by atoms with van der Waals surface area (Å²) in [5.74, 6) is 0. The molecule has 1 aliphatic carbocycles. The monoisotopic (exact) mass is 206 g/mol. The van der Waals surface area contributed by atoms with Crippen LogP contribution in [0.5, 0.6) is 0 Å². The number of aliphatic hydroxyl groups is 4. The number of aliphatic hydroxyl groups excluding tert-OH is 4. The van der Waals surface area contributed by atoms with Crippen molar-refractivity contribution in [3.63, 3.8) is 0 Å². The molecule has 2 atom stereocenters. The SMILES string of the molecule is CC(O)C(C)O.OC1CCC(O)CC1. The molecule has 4 heteroatoms. The van der Waals surface area contributed by atoms with Crippen LogP contribution < -0.4 is 0 Å². The molecule has 0 radical (unpaired) electrons. The normalized spacial score (nSPS) is 31.3. The van der Waals surface area contributed by atoms with Crippen LogP contribution in [0.2, 0.25) is 0 Å². The van der Waals surface area contributed by atoms with Crippen molar-refractivity contribution in [2.45, 2.75) is 63.9 Å². The fourth-order valence-corrected chi connectivity index (χ4v) is 1.06. The lowest BCUT2D eigenvalue weighted by Crippen LogP contribution is -2.21. The Hall–Kier alpha value is -0.160. The van der Waals surface area contributed by atoms with E-state index in [1.54, 1.807) is 13.8 Å². The zero-order chi connectivity index (χ0) is 11.1. The lowest BCUT2D eigenvalue weighted by molar-refractivity contribution is 0.0438. The quantitative estimate of drug-likeness (QED) is 0.488. The van der Waals surface area contributed by atoms with E-state index in [0.29, 0.717) is 0 Å². The summed E-state index contributed by atoms with van der Waals surface area (Å²) in [5, 5.41) is 34.6. The second kappa shape index (κ2) is 7.17. The lowest BCUT2D eigenvalue weighted by atomic mass is 9.95. The third-order valence-corrected chi connectivity index (χ3v) is 2.36. The average Bonchev–Trinajstić information content (AvgIpc) is 2.11. The van der Waals surface area contributed by atoms with Crippen molar-refractivity contribution < 1.29 is 20.4 Å². The van der Waals surface area contributed by atoms with E-state index < -0.39 is 12.2 Å². The molecule has 0 amide bonds. The molecule has 14 heavy (non-hydrogen) atoms. The first-order chi connectivity index (χ1) is 6.43. The standard InChI is InChI=1S/C6H12O2.C4H10O2/c7-5-1-2-6(8)4-3-5;1-3(5)4(2)6/h5-8H,1-4H2;3-6H,1-2H3. The van der Waals surface area contributed by atoms with Gasteiger partial charge in [0.15, 0.2) is 0 Å². The molecule has 0 heterocycles. The Bertz CT molecular complexity index is 112. The summed E-state index contributed by atoms with van der Waals surface area (Å²) in [4.78, 5) is 0. The highest BCUT2D eigenvalue weighted by Crippen LogP contribution is 2.17. The fraction of sp³-hybridized carbons (Fsp3) is 1.00. The van der Waals surface area contributed by atoms with Crippen LogP contribution in [-0.2, 0) is 0 Å². The topological polar surface area (TPSA) is 80.9 Å². The molecule has 1 aliphatic rings. The van der Waals surface area contributed by atoms with Crippen molar-refractivity contribution in [2.24, 2.45) is 0 Å². The minimum Gasteiger partial charge on any atom is -0.393 e. The number of rotatable bonds is 1. The molecule has 1 saturated carbocycles. The highest BCUT2D eigenvalue weighted by atomic mass is 16.3. The molecule has 86 valence electrons. The van der Waals surface area contributed by atoms with Crippen LogP contribution in [0.15, 0.2) is 0 Å². The second-order valence-corrected chi connectivity index (χ2v) is 3.94. The molecule has 0 aromatic carbocycles. The molecule has 4 N–H and O–H groups in total. The maximum absolute atomic E-state index is 8.92. The summed E-state index contributed by atoms with van der Waals surface area (Å²) in [5.41, 5.74) is 0. The molecule has 0 aromatic heterocycles. The van der Waals surface area contributed by atoms with Crippen LogP contribution in [-0.4, -0.2) is 44.8 Å². The van der Waals surface area contributed by atoms with Crippen molar-refractivity contribution in [1.29, 1.82) is 0 Å². The van der Waals surface area contributed by atoms with E-state index >= 15 is 0 Å². The van der Waals surface area contributed by atoms with Crippen molar-refractivity contribution in [2.75, 3.05) is 0 Å². The van der Waals surface area contributed by atoms with Gasteiger partial charge in [0, 0.05) is 0 Å². The third kappa shape index (κ3) is 7.26. The minimum atomic E-state index is -0.593. The van der Waals surface area contributed by atoms with E-state index in [0.717, 1.165) is 25.7 Å². The summed E-state index contributed by atoms with van der Waals surface area (Å²) in [6, 6.07) is 0. The zero-order valence-corrected chi connectivity index (χ0v) is 8.93. The maximum Gasteiger partial charge on any atom is 0.0768 e. The first kappa shape index (κ1) is 13.8. The van der Waals surface area contributed by atoms with Crippen LogP contribution in [0.3, 0.4) is 0 Å². The van der Waals surface area contributed by atoms with E-state index in [-0.39, 0.29) is 12.2 Å². The van der Waals surface area contributed by atoms with Gasteiger partial charge in [-0.25, -0.2) is 0 Å². The van der Waals surface area contributed by atoms with Gasteiger partial charge in [-0.3, -0.25) is 0 Å². The number of hydrogen-bond donors (Lipinski definition) is 4. The van der Waals surface area contributed by atoms with Gasteiger partial charge in [-0.1, -0.05) is 0 Å². The van der Waals surface area contributed by atoms with Gasteiger partial charge >= 0.3 is 0 Å². The van der Waals surface area contributed by atoms with Crippen LogP contribution in [0.1, 0.15) is 39.5 Å². The van der Waals surface area contributed by atoms with E-state index in [4.69, 9.17) is 20.4 Å². The Balaban J connectivity index is 0.000000255. The van der Waals surface area contributed by atoms with Crippen LogP contribution >= 0.6 is 0 Å². The van der Waals surface area contributed by atoms with Gasteiger partial charge in [0.1, 0.15) is 0 Å². The molecule has 4 nitrogen and oxygen atoms in total. The van der Waals surface area contributed by atoms with E-state index in [1.165, 1.54) is 0 Å². The molecule has 0 aromatic rings. The summed E-state index contributed by atoms with van der Waals surface area (Å²) in [6.07, 6.45) is 1.65. The fourth-order valence-electron chi connectivity index (χ4n) is 1.06. The summed E-state index contributed by atoms with van der Waals surface area (Å²) in [7, 11) is 0. The number of hydrogen-bond acceptors (Lipinski definition) is 4. The van der Waals surface area contributed by atoms with Crippen LogP contribution in [0, 0.1) is 0 Å². The Morgan fingerprint density at radius 2 is 1.00 bits per heavy atom. The third-order valence-electron chi connectivity index (χ3n) is 2.36. The van der Waals surface area contributed by atoms with Gasteiger partial charge in [0.25, 0.3) is 0 Å². The van der Waals surface area contributed by atoms with Gasteiger partial charge in [-0.15, -0.1) is 0 Å². The lowest BCUT2D eigenvalue weighted by Gasteiger charge is -2.20. The maximum atomic E-state index is 8.92. The molecule has 0 spiro atoms. The van der Waals surface area contributed by atoms with Gasteiger partial charge in [0.05, 0.1) is 24.4 Å². The van der Waals surface area contributed by atoms with E-state index in [9.17, 15) is 0 Å². The largest absolute Gasteiger partial charge is 0.393 e. The van der Waals surface area contributed by atoms with Crippen molar-refractivity contribution in [3.8, 4) is 0 Å². The highest BCUT2D eigenvalue weighted by molar-refractivity contribution is 4.69. The van der Waals surface area contributed by atoms with Crippen molar-refractivity contribution in [3.05, 3.63) is 0 Å². The molecular weight excluding hydrogens is 184 g/mol.